The Morgan fingerprint density at radius 1 is 0.875 bits per heavy atom. The zero-order chi connectivity index (χ0) is 11.7. The summed E-state index contributed by atoms with van der Waals surface area (Å²) in [6.07, 6.45) is 3.42. The molecule has 0 saturated heterocycles. The van der Waals surface area contributed by atoms with Gasteiger partial charge in [0.1, 0.15) is 24.0 Å². The van der Waals surface area contributed by atoms with E-state index in [4.69, 9.17) is 8.83 Å². The maximum absolute atomic E-state index is 5.27. The Morgan fingerprint density at radius 3 is 1.50 bits per heavy atom. The molecule has 0 aliphatic heterocycles. The van der Waals surface area contributed by atoms with E-state index in [1.807, 2.05) is 13.8 Å². The lowest BCUT2D eigenvalue weighted by Crippen LogP contribution is -1.68. The van der Waals surface area contributed by atoms with Gasteiger partial charge in [-0.25, -0.2) is 0 Å². The molecule has 2 nitrogen and oxygen atoms in total. The van der Waals surface area contributed by atoms with Gasteiger partial charge in [-0.3, -0.25) is 0 Å². The van der Waals surface area contributed by atoms with E-state index in [1.165, 1.54) is 0 Å². The molecule has 86 valence electrons. The Bertz CT molecular complexity index is 455. The molecule has 0 atom stereocenters. The van der Waals surface area contributed by atoms with Crippen molar-refractivity contribution in [2.75, 3.05) is 0 Å². The highest BCUT2D eigenvalue weighted by Gasteiger charge is 2.11. The van der Waals surface area contributed by atoms with Gasteiger partial charge in [-0.05, 0) is 35.4 Å². The van der Waals surface area contributed by atoms with Gasteiger partial charge in [0.2, 0.25) is 0 Å². The number of thiol groups is 2. The first-order chi connectivity index (χ1) is 7.59. The summed E-state index contributed by atoms with van der Waals surface area (Å²) in [5, 5.41) is 0. The largest absolute Gasteiger partial charge is 0.467 e. The second kappa shape index (κ2) is 5.08. The molecule has 2 aromatic rings. The topological polar surface area (TPSA) is 26.3 Å². The van der Waals surface area contributed by atoms with E-state index in [1.54, 1.807) is 34.1 Å². The normalized spacial score (nSPS) is 11.0. The minimum atomic E-state index is 0.834. The van der Waals surface area contributed by atoms with Crippen LogP contribution in [0.15, 0.2) is 40.9 Å². The summed E-state index contributed by atoms with van der Waals surface area (Å²) >= 11 is 8.74. The highest BCUT2D eigenvalue weighted by atomic mass is 33.1. The van der Waals surface area contributed by atoms with Crippen LogP contribution in [-0.4, -0.2) is 0 Å². The zero-order valence-electron chi connectivity index (χ0n) is 8.68. The fraction of sp³-hybridized carbons (Fsp3) is 0.200. The number of rotatable bonds is 3. The first kappa shape index (κ1) is 12.4. The first-order valence-electron chi connectivity index (χ1n) is 4.48. The molecule has 0 fully saturated rings. The lowest BCUT2D eigenvalue weighted by atomic mass is 10.5. The van der Waals surface area contributed by atoms with Gasteiger partial charge in [0, 0.05) is 0 Å². The van der Waals surface area contributed by atoms with Gasteiger partial charge < -0.3 is 8.83 Å². The molecule has 0 spiro atoms. The van der Waals surface area contributed by atoms with Crippen molar-refractivity contribution in [3.05, 3.63) is 24.0 Å². The molecule has 6 heteroatoms. The minimum Gasteiger partial charge on any atom is -0.467 e. The Balaban J connectivity index is 2.08. The van der Waals surface area contributed by atoms with Crippen molar-refractivity contribution in [1.82, 2.24) is 0 Å². The van der Waals surface area contributed by atoms with Crippen LogP contribution in [0.3, 0.4) is 0 Å². The van der Waals surface area contributed by atoms with Crippen LogP contribution in [0.25, 0.3) is 0 Å². The van der Waals surface area contributed by atoms with Crippen molar-refractivity contribution >= 4 is 46.8 Å². The van der Waals surface area contributed by atoms with Crippen molar-refractivity contribution in [3.63, 3.8) is 0 Å². The molecule has 2 heterocycles. The molecule has 0 bridgehead atoms. The summed E-state index contributed by atoms with van der Waals surface area (Å²) in [4.78, 5) is 3.80. The molecule has 0 unspecified atom stereocenters. The van der Waals surface area contributed by atoms with E-state index in [0.717, 1.165) is 31.1 Å². The van der Waals surface area contributed by atoms with Crippen LogP contribution in [-0.2, 0) is 0 Å². The van der Waals surface area contributed by atoms with Crippen LogP contribution in [0.1, 0.15) is 11.5 Å². The summed E-state index contributed by atoms with van der Waals surface area (Å²) in [5.74, 6) is 1.67. The molecule has 0 radical (unpaired) electrons. The number of hydrogen-bond acceptors (Lipinski definition) is 6. The van der Waals surface area contributed by atoms with Gasteiger partial charge in [-0.1, -0.05) is 0 Å². The highest BCUT2D eigenvalue weighted by Crippen LogP contribution is 2.44. The first-order valence-corrected chi connectivity index (χ1v) is 7.52. The summed E-state index contributed by atoms with van der Waals surface area (Å²) in [5.41, 5.74) is 0. The van der Waals surface area contributed by atoms with Gasteiger partial charge in [0.15, 0.2) is 0 Å². The molecule has 2 rings (SSSR count). The van der Waals surface area contributed by atoms with Crippen LogP contribution in [0.2, 0.25) is 0 Å². The lowest BCUT2D eigenvalue weighted by Gasteiger charge is -1.97. The third-order valence-electron chi connectivity index (χ3n) is 2.04. The van der Waals surface area contributed by atoms with Gasteiger partial charge in [0.05, 0.1) is 19.6 Å². The number of hydrogen-bond donors (Lipinski definition) is 2. The molecular formula is C10H10O2S4. The summed E-state index contributed by atoms with van der Waals surface area (Å²) in [6.45, 7) is 3.78. The molecule has 0 aromatic carbocycles. The highest BCUT2D eigenvalue weighted by molar-refractivity contribution is 8.76. The minimum absolute atomic E-state index is 0.834. The Hall–Kier alpha value is -0.0400. The van der Waals surface area contributed by atoms with Crippen LogP contribution in [0.4, 0.5) is 0 Å². The predicted molar refractivity (Wildman–Crippen MR) is 73.1 cm³/mol. The molecular weight excluding hydrogens is 280 g/mol. The summed E-state index contributed by atoms with van der Waals surface area (Å²) < 4.78 is 10.5. The van der Waals surface area contributed by atoms with E-state index >= 15 is 0 Å². The fourth-order valence-electron chi connectivity index (χ4n) is 1.06. The molecule has 0 amide bonds. The zero-order valence-corrected chi connectivity index (χ0v) is 12.1. The maximum atomic E-state index is 5.27. The molecule has 0 aliphatic carbocycles. The van der Waals surface area contributed by atoms with Crippen LogP contribution in [0.5, 0.6) is 0 Å². The summed E-state index contributed by atoms with van der Waals surface area (Å²) in [7, 11) is 3.17. The smallest absolute Gasteiger partial charge is 0.115 e. The van der Waals surface area contributed by atoms with E-state index < -0.39 is 0 Å². The van der Waals surface area contributed by atoms with Gasteiger partial charge in [0.25, 0.3) is 0 Å². The average molecular weight is 290 g/mol. The van der Waals surface area contributed by atoms with Crippen molar-refractivity contribution < 1.29 is 8.83 Å². The molecule has 2 aromatic heterocycles. The van der Waals surface area contributed by atoms with Gasteiger partial charge in [-0.2, -0.15) is 0 Å². The van der Waals surface area contributed by atoms with E-state index in [0.29, 0.717) is 0 Å². The third-order valence-corrected chi connectivity index (χ3v) is 5.83. The molecule has 0 N–H and O–H groups in total. The second-order valence-corrected chi connectivity index (χ2v) is 6.28. The van der Waals surface area contributed by atoms with E-state index in [2.05, 4.69) is 25.3 Å². The van der Waals surface area contributed by atoms with E-state index in [-0.39, 0.29) is 0 Å². The van der Waals surface area contributed by atoms with Crippen molar-refractivity contribution in [3.8, 4) is 0 Å². The SMILES string of the molecule is Cc1occ(SSc2coc(C)c2S)c1S. The lowest BCUT2D eigenvalue weighted by molar-refractivity contribution is 0.524. The summed E-state index contributed by atoms with van der Waals surface area (Å²) in [6, 6.07) is 0. The predicted octanol–water partition coefficient (Wildman–Crippen LogP) is 4.87. The quantitative estimate of drug-likeness (QED) is 0.623. The van der Waals surface area contributed by atoms with Crippen molar-refractivity contribution in [1.29, 1.82) is 0 Å². The fourth-order valence-corrected chi connectivity index (χ4v) is 3.99. The standard InChI is InChI=1S/C10H10O2S4/c1-5-9(13)7(3-11-5)15-16-8-4-12-6(2)10(8)14/h3-4,13-14H,1-2H3. The van der Waals surface area contributed by atoms with E-state index in [9.17, 15) is 0 Å². The average Bonchev–Trinajstić information content (AvgIpc) is 2.74. The Morgan fingerprint density at radius 2 is 1.25 bits per heavy atom. The molecule has 0 saturated carbocycles. The molecule has 16 heavy (non-hydrogen) atoms. The van der Waals surface area contributed by atoms with Gasteiger partial charge in [-0.15, -0.1) is 25.3 Å². The van der Waals surface area contributed by atoms with Gasteiger partial charge >= 0.3 is 0 Å². The molecule has 0 aliphatic rings. The number of aryl methyl sites for hydroxylation is 2. The number of furan rings is 2. The van der Waals surface area contributed by atoms with Crippen LogP contribution < -0.4 is 0 Å². The maximum Gasteiger partial charge on any atom is 0.115 e. The Labute approximate surface area is 113 Å². The Kier molecular flexibility index (Phi) is 3.94. The van der Waals surface area contributed by atoms with Crippen molar-refractivity contribution in [2.24, 2.45) is 0 Å². The van der Waals surface area contributed by atoms with Crippen LogP contribution in [0, 0.1) is 13.8 Å². The van der Waals surface area contributed by atoms with Crippen LogP contribution >= 0.6 is 46.8 Å². The third kappa shape index (κ3) is 2.45. The second-order valence-electron chi connectivity index (χ2n) is 3.18. The monoisotopic (exact) mass is 290 g/mol. The van der Waals surface area contributed by atoms with Crippen molar-refractivity contribution in [2.45, 2.75) is 33.4 Å².